The summed E-state index contributed by atoms with van der Waals surface area (Å²) in [6, 6.07) is 7.52. The zero-order valence-electron chi connectivity index (χ0n) is 11.2. The lowest BCUT2D eigenvalue weighted by atomic mass is 10.1. The lowest BCUT2D eigenvalue weighted by molar-refractivity contribution is 0.0782. The summed E-state index contributed by atoms with van der Waals surface area (Å²) in [7, 11) is 3.57. The van der Waals surface area contributed by atoms with E-state index >= 15 is 0 Å². The largest absolute Gasteiger partial charge is 0.336 e. The highest BCUT2D eigenvalue weighted by molar-refractivity contribution is 6.31. The number of carbonyl (C=O) groups excluding carboxylic acids is 1. The Morgan fingerprint density at radius 1 is 1.37 bits per heavy atom. The van der Waals surface area contributed by atoms with Gasteiger partial charge in [0.2, 0.25) is 0 Å². The number of benzene rings is 1. The van der Waals surface area contributed by atoms with E-state index < -0.39 is 0 Å². The molecular formula is C14H16ClN3O. The summed E-state index contributed by atoms with van der Waals surface area (Å²) in [6.45, 7) is 2.43. The van der Waals surface area contributed by atoms with Crippen LogP contribution in [0.15, 0.2) is 30.5 Å². The fraction of sp³-hybridized carbons (Fsp3) is 0.286. The molecule has 0 spiro atoms. The van der Waals surface area contributed by atoms with Crippen molar-refractivity contribution in [3.8, 4) is 0 Å². The predicted octanol–water partition coefficient (Wildman–Crippen LogP) is 2.65. The van der Waals surface area contributed by atoms with E-state index in [4.69, 9.17) is 11.6 Å². The van der Waals surface area contributed by atoms with Crippen molar-refractivity contribution < 1.29 is 4.79 Å². The van der Waals surface area contributed by atoms with Gasteiger partial charge in [-0.2, -0.15) is 5.10 Å². The zero-order chi connectivity index (χ0) is 14.0. The average molecular weight is 278 g/mol. The van der Waals surface area contributed by atoms with Crippen LogP contribution in [0.1, 0.15) is 21.6 Å². The second-order valence-electron chi connectivity index (χ2n) is 4.59. The summed E-state index contributed by atoms with van der Waals surface area (Å²) < 4.78 is 1.68. The van der Waals surface area contributed by atoms with E-state index in [0.29, 0.717) is 17.1 Å². The summed E-state index contributed by atoms with van der Waals surface area (Å²) in [6.07, 6.45) is 1.58. The fourth-order valence-electron chi connectivity index (χ4n) is 1.83. The number of rotatable bonds is 3. The molecule has 5 heteroatoms. The SMILES string of the molecule is Cc1ccc(C(=O)N(C)Cc2c(Cl)cnn2C)cc1. The number of amides is 1. The van der Waals surface area contributed by atoms with Gasteiger partial charge in [-0.25, -0.2) is 0 Å². The molecule has 0 saturated heterocycles. The third kappa shape index (κ3) is 2.96. The number of hydrogen-bond acceptors (Lipinski definition) is 2. The number of aromatic nitrogens is 2. The van der Waals surface area contributed by atoms with Crippen LogP contribution in [0.2, 0.25) is 5.02 Å². The van der Waals surface area contributed by atoms with Gasteiger partial charge in [0.1, 0.15) is 0 Å². The van der Waals surface area contributed by atoms with E-state index in [0.717, 1.165) is 11.3 Å². The van der Waals surface area contributed by atoms with Crippen LogP contribution >= 0.6 is 11.6 Å². The van der Waals surface area contributed by atoms with Crippen LogP contribution in [0.5, 0.6) is 0 Å². The Balaban J connectivity index is 2.14. The van der Waals surface area contributed by atoms with Gasteiger partial charge in [0.15, 0.2) is 0 Å². The first-order valence-corrected chi connectivity index (χ1v) is 6.35. The number of carbonyl (C=O) groups is 1. The molecule has 1 aromatic heterocycles. The number of hydrogen-bond donors (Lipinski definition) is 0. The van der Waals surface area contributed by atoms with Crippen LogP contribution in [0, 0.1) is 6.92 Å². The summed E-state index contributed by atoms with van der Waals surface area (Å²) in [5, 5.41) is 4.63. The number of aryl methyl sites for hydroxylation is 2. The maximum absolute atomic E-state index is 12.3. The highest BCUT2D eigenvalue weighted by Crippen LogP contribution is 2.17. The van der Waals surface area contributed by atoms with Crippen LogP contribution in [0.25, 0.3) is 0 Å². The topological polar surface area (TPSA) is 38.1 Å². The highest BCUT2D eigenvalue weighted by atomic mass is 35.5. The van der Waals surface area contributed by atoms with Crippen molar-refractivity contribution in [2.75, 3.05) is 7.05 Å². The van der Waals surface area contributed by atoms with Crippen molar-refractivity contribution in [3.63, 3.8) is 0 Å². The Kier molecular flexibility index (Phi) is 3.90. The molecule has 2 rings (SSSR count). The third-order valence-electron chi connectivity index (χ3n) is 3.04. The molecule has 1 amide bonds. The number of halogens is 1. The fourth-order valence-corrected chi connectivity index (χ4v) is 2.05. The minimum absolute atomic E-state index is 0.0303. The lowest BCUT2D eigenvalue weighted by Crippen LogP contribution is -2.27. The molecule has 0 bridgehead atoms. The molecule has 19 heavy (non-hydrogen) atoms. The number of nitrogens with zero attached hydrogens (tertiary/aromatic N) is 3. The van der Waals surface area contributed by atoms with Gasteiger partial charge in [-0.1, -0.05) is 29.3 Å². The quantitative estimate of drug-likeness (QED) is 0.865. The minimum atomic E-state index is -0.0303. The molecule has 0 fully saturated rings. The summed E-state index contributed by atoms with van der Waals surface area (Å²) in [5.74, 6) is -0.0303. The molecule has 0 saturated carbocycles. The third-order valence-corrected chi connectivity index (χ3v) is 3.36. The first-order chi connectivity index (χ1) is 8.99. The van der Waals surface area contributed by atoms with Gasteiger partial charge in [0.25, 0.3) is 5.91 Å². The molecule has 100 valence electrons. The molecule has 1 aromatic carbocycles. The maximum Gasteiger partial charge on any atom is 0.253 e. The van der Waals surface area contributed by atoms with E-state index in [2.05, 4.69) is 5.10 Å². The predicted molar refractivity (Wildman–Crippen MR) is 75.2 cm³/mol. The van der Waals surface area contributed by atoms with Crippen molar-refractivity contribution in [2.45, 2.75) is 13.5 Å². The van der Waals surface area contributed by atoms with Crippen molar-refractivity contribution in [3.05, 3.63) is 52.3 Å². The van der Waals surface area contributed by atoms with E-state index in [-0.39, 0.29) is 5.91 Å². The van der Waals surface area contributed by atoms with Crippen LogP contribution in [-0.4, -0.2) is 27.6 Å². The summed E-state index contributed by atoms with van der Waals surface area (Å²) in [4.78, 5) is 13.9. The van der Waals surface area contributed by atoms with Crippen LogP contribution in [-0.2, 0) is 13.6 Å². The molecule has 0 atom stereocenters. The Labute approximate surface area is 117 Å². The molecule has 0 aliphatic carbocycles. The normalized spacial score (nSPS) is 10.5. The second kappa shape index (κ2) is 5.45. The standard InChI is InChI=1S/C14H16ClN3O/c1-10-4-6-11(7-5-10)14(19)17(2)9-13-12(15)8-16-18(13)3/h4-8H,9H2,1-3H3. The van der Waals surface area contributed by atoms with Crippen LogP contribution in [0.3, 0.4) is 0 Å². The molecule has 0 aliphatic rings. The highest BCUT2D eigenvalue weighted by Gasteiger charge is 2.15. The average Bonchev–Trinajstić information content (AvgIpc) is 2.70. The first-order valence-electron chi connectivity index (χ1n) is 5.97. The Morgan fingerprint density at radius 3 is 2.53 bits per heavy atom. The van der Waals surface area contributed by atoms with E-state index in [1.807, 2.05) is 38.2 Å². The van der Waals surface area contributed by atoms with E-state index in [1.165, 1.54) is 0 Å². The van der Waals surface area contributed by atoms with Gasteiger partial charge in [-0.15, -0.1) is 0 Å². The van der Waals surface area contributed by atoms with Crippen LogP contribution in [0.4, 0.5) is 0 Å². The molecule has 4 nitrogen and oxygen atoms in total. The zero-order valence-corrected chi connectivity index (χ0v) is 12.0. The van der Waals surface area contributed by atoms with E-state index in [9.17, 15) is 4.79 Å². The summed E-state index contributed by atoms with van der Waals surface area (Å²) >= 11 is 6.04. The van der Waals surface area contributed by atoms with E-state index in [1.54, 1.807) is 22.8 Å². The van der Waals surface area contributed by atoms with Gasteiger partial charge in [-0.3, -0.25) is 9.48 Å². The second-order valence-corrected chi connectivity index (χ2v) is 5.00. The van der Waals surface area contributed by atoms with Crippen molar-refractivity contribution in [1.82, 2.24) is 14.7 Å². The van der Waals surface area contributed by atoms with Gasteiger partial charge in [0, 0.05) is 19.7 Å². The Bertz CT molecular complexity index is 570. The first kappa shape index (κ1) is 13.6. The Hall–Kier alpha value is -1.81. The minimum Gasteiger partial charge on any atom is -0.336 e. The molecular weight excluding hydrogens is 262 g/mol. The molecule has 0 unspecified atom stereocenters. The van der Waals surface area contributed by atoms with Gasteiger partial charge >= 0.3 is 0 Å². The van der Waals surface area contributed by atoms with Crippen molar-refractivity contribution in [1.29, 1.82) is 0 Å². The van der Waals surface area contributed by atoms with Crippen molar-refractivity contribution >= 4 is 17.5 Å². The Morgan fingerprint density at radius 2 is 2.00 bits per heavy atom. The molecule has 0 aliphatic heterocycles. The molecule has 0 radical (unpaired) electrons. The smallest absolute Gasteiger partial charge is 0.253 e. The van der Waals surface area contributed by atoms with Gasteiger partial charge in [0.05, 0.1) is 23.5 Å². The van der Waals surface area contributed by atoms with Crippen LogP contribution < -0.4 is 0 Å². The lowest BCUT2D eigenvalue weighted by Gasteiger charge is -2.17. The molecule has 1 heterocycles. The monoisotopic (exact) mass is 277 g/mol. The molecule has 0 N–H and O–H groups in total. The maximum atomic E-state index is 12.3. The molecule has 2 aromatic rings. The van der Waals surface area contributed by atoms with Crippen molar-refractivity contribution in [2.24, 2.45) is 7.05 Å². The van der Waals surface area contributed by atoms with Gasteiger partial charge in [-0.05, 0) is 19.1 Å². The van der Waals surface area contributed by atoms with Gasteiger partial charge < -0.3 is 4.90 Å². The summed E-state index contributed by atoms with van der Waals surface area (Å²) in [5.41, 5.74) is 2.63.